The van der Waals surface area contributed by atoms with Gasteiger partial charge in [0.2, 0.25) is 0 Å². The molecule has 0 aliphatic carbocycles. The normalized spacial score (nSPS) is 11.6. The van der Waals surface area contributed by atoms with Crippen LogP contribution in [0.1, 0.15) is 19.4 Å². The van der Waals surface area contributed by atoms with Crippen LogP contribution >= 0.6 is 11.6 Å². The van der Waals surface area contributed by atoms with E-state index in [1.807, 2.05) is 13.8 Å². The molecule has 118 valence electrons. The fraction of sp³-hybridized carbons (Fsp3) is 0.286. The van der Waals surface area contributed by atoms with Gasteiger partial charge in [-0.1, -0.05) is 11.6 Å². The van der Waals surface area contributed by atoms with Crippen LogP contribution in [0.5, 0.6) is 0 Å². The van der Waals surface area contributed by atoms with Crippen molar-refractivity contribution in [2.24, 2.45) is 0 Å². The molecule has 0 spiro atoms. The molecule has 0 amide bonds. The lowest BCUT2D eigenvalue weighted by Crippen LogP contribution is -2.11. The van der Waals surface area contributed by atoms with Crippen LogP contribution in [0.4, 0.5) is 30.5 Å². The van der Waals surface area contributed by atoms with Crippen LogP contribution < -0.4 is 10.6 Å². The van der Waals surface area contributed by atoms with E-state index in [1.165, 1.54) is 12.4 Å². The number of nitrogens with one attached hydrogen (secondary N) is 2. The van der Waals surface area contributed by atoms with Crippen molar-refractivity contribution < 1.29 is 13.2 Å². The minimum atomic E-state index is -4.43. The average Bonchev–Trinajstić information content (AvgIpc) is 2.39. The highest BCUT2D eigenvalue weighted by Crippen LogP contribution is 2.34. The minimum Gasteiger partial charge on any atom is -0.368 e. The van der Waals surface area contributed by atoms with Gasteiger partial charge in [-0.2, -0.15) is 13.2 Å². The van der Waals surface area contributed by atoms with E-state index in [9.17, 15) is 13.2 Å². The molecule has 0 radical (unpaired) electrons. The second-order valence-corrected chi connectivity index (χ2v) is 5.31. The predicted octanol–water partition coefficient (Wildman–Crippen LogP) is 4.71. The van der Waals surface area contributed by atoms with E-state index in [1.54, 1.807) is 6.07 Å². The van der Waals surface area contributed by atoms with E-state index in [2.05, 4.69) is 20.6 Å². The molecule has 22 heavy (non-hydrogen) atoms. The number of nitrogens with zero attached hydrogens (tertiary/aromatic N) is 2. The third-order valence-corrected chi connectivity index (χ3v) is 2.99. The zero-order valence-electron chi connectivity index (χ0n) is 11.9. The first-order valence-electron chi connectivity index (χ1n) is 6.48. The van der Waals surface area contributed by atoms with E-state index in [4.69, 9.17) is 11.6 Å². The van der Waals surface area contributed by atoms with Crippen molar-refractivity contribution in [1.29, 1.82) is 0 Å². The Balaban J connectivity index is 2.27. The van der Waals surface area contributed by atoms with Gasteiger partial charge in [-0.3, -0.25) is 0 Å². The number of benzene rings is 1. The molecule has 0 aliphatic heterocycles. The zero-order chi connectivity index (χ0) is 16.3. The Hall–Kier alpha value is -2.02. The molecule has 4 nitrogen and oxygen atoms in total. The first-order valence-corrected chi connectivity index (χ1v) is 6.86. The van der Waals surface area contributed by atoms with Crippen LogP contribution in [0, 0.1) is 0 Å². The Morgan fingerprint density at radius 3 is 2.41 bits per heavy atom. The third-order valence-electron chi connectivity index (χ3n) is 2.66. The van der Waals surface area contributed by atoms with Gasteiger partial charge in [-0.15, -0.1) is 0 Å². The second-order valence-electron chi connectivity index (χ2n) is 4.90. The molecule has 0 saturated carbocycles. The highest BCUT2D eigenvalue weighted by Gasteiger charge is 2.31. The number of hydrogen-bond acceptors (Lipinski definition) is 4. The second kappa shape index (κ2) is 6.39. The van der Waals surface area contributed by atoms with Crippen molar-refractivity contribution in [3.05, 3.63) is 41.2 Å². The molecule has 0 unspecified atom stereocenters. The summed E-state index contributed by atoms with van der Waals surface area (Å²) in [5.74, 6) is 0.912. The molecule has 0 saturated heterocycles. The maximum absolute atomic E-state index is 12.7. The summed E-state index contributed by atoms with van der Waals surface area (Å²) in [6.45, 7) is 3.89. The van der Waals surface area contributed by atoms with Gasteiger partial charge in [-0.25, -0.2) is 9.97 Å². The van der Waals surface area contributed by atoms with Gasteiger partial charge in [0, 0.05) is 12.1 Å². The van der Waals surface area contributed by atoms with Crippen molar-refractivity contribution >= 4 is 28.9 Å². The number of halogens is 4. The van der Waals surface area contributed by atoms with E-state index in [0.717, 1.165) is 12.1 Å². The molecule has 1 heterocycles. The number of aromatic nitrogens is 2. The summed E-state index contributed by atoms with van der Waals surface area (Å²) >= 11 is 5.93. The lowest BCUT2D eigenvalue weighted by atomic mass is 10.2. The average molecular weight is 331 g/mol. The first kappa shape index (κ1) is 16.4. The standard InChI is InChI=1S/C14H14ClF3N4/c1-8(2)21-12-6-13(20-7-19-12)22-11-5-9(14(16,17)18)3-4-10(11)15/h3-8H,1-2H3,(H2,19,20,21,22). The van der Waals surface area contributed by atoms with E-state index in [-0.39, 0.29) is 16.8 Å². The molecular formula is C14H14ClF3N4. The molecular weight excluding hydrogens is 317 g/mol. The van der Waals surface area contributed by atoms with Crippen LogP contribution in [0.2, 0.25) is 5.02 Å². The van der Waals surface area contributed by atoms with Crippen LogP contribution in [0.3, 0.4) is 0 Å². The van der Waals surface area contributed by atoms with Crippen molar-refractivity contribution in [3.8, 4) is 0 Å². The molecule has 8 heteroatoms. The number of hydrogen-bond donors (Lipinski definition) is 2. The Kier molecular flexibility index (Phi) is 4.75. The Morgan fingerprint density at radius 2 is 1.77 bits per heavy atom. The highest BCUT2D eigenvalue weighted by molar-refractivity contribution is 6.33. The highest BCUT2D eigenvalue weighted by atomic mass is 35.5. The molecule has 0 atom stereocenters. The number of anilines is 3. The lowest BCUT2D eigenvalue weighted by Gasteiger charge is -2.13. The van der Waals surface area contributed by atoms with Crippen molar-refractivity contribution in [2.75, 3.05) is 10.6 Å². The molecule has 0 fully saturated rings. The van der Waals surface area contributed by atoms with Crippen LogP contribution in [0.15, 0.2) is 30.6 Å². The molecule has 1 aromatic heterocycles. The van der Waals surface area contributed by atoms with E-state index in [0.29, 0.717) is 11.6 Å². The smallest absolute Gasteiger partial charge is 0.368 e. The van der Waals surface area contributed by atoms with Gasteiger partial charge in [0.15, 0.2) is 0 Å². The van der Waals surface area contributed by atoms with Gasteiger partial charge in [0.1, 0.15) is 18.0 Å². The maximum Gasteiger partial charge on any atom is 0.416 e. The maximum atomic E-state index is 12.7. The third kappa shape index (κ3) is 4.24. The predicted molar refractivity (Wildman–Crippen MR) is 80.5 cm³/mol. The van der Waals surface area contributed by atoms with Crippen molar-refractivity contribution in [3.63, 3.8) is 0 Å². The Morgan fingerprint density at radius 1 is 1.09 bits per heavy atom. The SMILES string of the molecule is CC(C)Nc1cc(Nc2cc(C(F)(F)F)ccc2Cl)ncn1. The van der Waals surface area contributed by atoms with Gasteiger partial charge in [0.25, 0.3) is 0 Å². The quantitative estimate of drug-likeness (QED) is 0.852. The fourth-order valence-electron chi connectivity index (χ4n) is 1.74. The summed E-state index contributed by atoms with van der Waals surface area (Å²) in [4.78, 5) is 8.00. The van der Waals surface area contributed by atoms with Crippen molar-refractivity contribution in [1.82, 2.24) is 9.97 Å². The lowest BCUT2D eigenvalue weighted by molar-refractivity contribution is -0.137. The molecule has 0 bridgehead atoms. The summed E-state index contributed by atoms with van der Waals surface area (Å²) in [7, 11) is 0. The summed E-state index contributed by atoms with van der Waals surface area (Å²) in [6.07, 6.45) is -3.12. The van der Waals surface area contributed by atoms with Crippen LogP contribution in [0.25, 0.3) is 0 Å². The summed E-state index contributed by atoms with van der Waals surface area (Å²) in [5.41, 5.74) is -0.653. The number of rotatable bonds is 4. The van der Waals surface area contributed by atoms with Crippen LogP contribution in [-0.4, -0.2) is 16.0 Å². The Labute approximate surface area is 130 Å². The van der Waals surface area contributed by atoms with Gasteiger partial charge in [-0.05, 0) is 32.0 Å². The largest absolute Gasteiger partial charge is 0.416 e. The minimum absolute atomic E-state index is 0.130. The molecule has 2 N–H and O–H groups in total. The van der Waals surface area contributed by atoms with Crippen molar-refractivity contribution in [2.45, 2.75) is 26.1 Å². The van der Waals surface area contributed by atoms with Crippen LogP contribution in [-0.2, 0) is 6.18 Å². The summed E-state index contributed by atoms with van der Waals surface area (Å²) in [6, 6.07) is 4.83. The summed E-state index contributed by atoms with van der Waals surface area (Å²) < 4.78 is 38.2. The fourth-order valence-corrected chi connectivity index (χ4v) is 1.90. The monoisotopic (exact) mass is 330 g/mol. The zero-order valence-corrected chi connectivity index (χ0v) is 12.6. The Bertz CT molecular complexity index is 659. The van der Waals surface area contributed by atoms with E-state index < -0.39 is 11.7 Å². The summed E-state index contributed by atoms with van der Waals surface area (Å²) in [5, 5.41) is 6.02. The molecule has 1 aromatic carbocycles. The van der Waals surface area contributed by atoms with Gasteiger partial charge in [0.05, 0.1) is 16.3 Å². The topological polar surface area (TPSA) is 49.8 Å². The first-order chi connectivity index (χ1) is 10.3. The molecule has 2 rings (SSSR count). The van der Waals surface area contributed by atoms with Gasteiger partial charge >= 0.3 is 6.18 Å². The van der Waals surface area contributed by atoms with Gasteiger partial charge < -0.3 is 10.6 Å². The molecule has 0 aliphatic rings. The molecule has 2 aromatic rings. The number of alkyl halides is 3. The van der Waals surface area contributed by atoms with E-state index >= 15 is 0 Å².